The quantitative estimate of drug-likeness (QED) is 0.549. The fraction of sp³-hybridized carbons (Fsp3) is 1.00. The lowest BCUT2D eigenvalue weighted by Crippen LogP contribution is -2.43. The van der Waals surface area contributed by atoms with E-state index in [4.69, 9.17) is 4.43 Å². The topological polar surface area (TPSA) is 9.23 Å². The fourth-order valence-corrected chi connectivity index (χ4v) is 2.53. The van der Waals surface area contributed by atoms with Crippen LogP contribution in [-0.4, -0.2) is 19.8 Å². The standard InChI is InChI=1S/C9H21BrOSi/c1-8(7-10)11-12(5,6)9(2,3)4/h8H,7H2,1-6H3/t8-/m1/s1. The van der Waals surface area contributed by atoms with Gasteiger partial charge in [0.25, 0.3) is 0 Å². The van der Waals surface area contributed by atoms with Gasteiger partial charge in [-0.2, -0.15) is 0 Å². The van der Waals surface area contributed by atoms with E-state index in [0.29, 0.717) is 11.1 Å². The van der Waals surface area contributed by atoms with Crippen molar-refractivity contribution < 1.29 is 4.43 Å². The first kappa shape index (κ1) is 12.7. The molecule has 1 atom stereocenters. The largest absolute Gasteiger partial charge is 0.413 e. The van der Waals surface area contributed by atoms with E-state index in [-0.39, 0.29) is 0 Å². The number of alkyl halides is 1. The maximum absolute atomic E-state index is 6.04. The third kappa shape index (κ3) is 3.58. The molecule has 0 amide bonds. The van der Waals surface area contributed by atoms with Gasteiger partial charge in [0.15, 0.2) is 8.32 Å². The van der Waals surface area contributed by atoms with Crippen molar-refractivity contribution in [1.82, 2.24) is 0 Å². The first-order chi connectivity index (χ1) is 5.20. The number of rotatable bonds is 3. The van der Waals surface area contributed by atoms with Crippen LogP contribution in [0.4, 0.5) is 0 Å². The van der Waals surface area contributed by atoms with Crippen LogP contribution in [0, 0.1) is 0 Å². The van der Waals surface area contributed by atoms with E-state index in [9.17, 15) is 0 Å². The Hall–Kier alpha value is 0.657. The zero-order valence-electron chi connectivity index (χ0n) is 9.07. The molecule has 0 radical (unpaired) electrons. The molecule has 0 spiro atoms. The maximum atomic E-state index is 6.04. The summed E-state index contributed by atoms with van der Waals surface area (Å²) in [6.07, 6.45) is 0.339. The Morgan fingerprint density at radius 3 is 2.00 bits per heavy atom. The van der Waals surface area contributed by atoms with E-state index in [0.717, 1.165) is 5.33 Å². The van der Waals surface area contributed by atoms with E-state index in [1.807, 2.05) is 0 Å². The van der Waals surface area contributed by atoms with Crippen LogP contribution >= 0.6 is 15.9 Å². The van der Waals surface area contributed by atoms with Crippen molar-refractivity contribution in [2.24, 2.45) is 0 Å². The Bertz CT molecular complexity index is 140. The molecule has 12 heavy (non-hydrogen) atoms. The zero-order chi connectivity index (χ0) is 9.99. The molecule has 0 aromatic carbocycles. The van der Waals surface area contributed by atoms with Crippen molar-refractivity contribution >= 4 is 24.2 Å². The number of hydrogen-bond donors (Lipinski definition) is 0. The molecule has 0 aromatic rings. The Morgan fingerprint density at radius 2 is 1.75 bits per heavy atom. The lowest BCUT2D eigenvalue weighted by Gasteiger charge is -2.38. The van der Waals surface area contributed by atoms with Crippen LogP contribution in [0.3, 0.4) is 0 Å². The van der Waals surface area contributed by atoms with Crippen LogP contribution in [0.5, 0.6) is 0 Å². The summed E-state index contributed by atoms with van der Waals surface area (Å²) < 4.78 is 6.04. The second-order valence-electron chi connectivity index (χ2n) is 4.84. The summed E-state index contributed by atoms with van der Waals surface area (Å²) in [4.78, 5) is 0. The summed E-state index contributed by atoms with van der Waals surface area (Å²) >= 11 is 3.43. The van der Waals surface area contributed by atoms with E-state index < -0.39 is 8.32 Å². The lowest BCUT2D eigenvalue weighted by atomic mass is 10.2. The van der Waals surface area contributed by atoms with Crippen molar-refractivity contribution in [1.29, 1.82) is 0 Å². The molecule has 0 rings (SSSR count). The van der Waals surface area contributed by atoms with Gasteiger partial charge in [-0.05, 0) is 25.1 Å². The van der Waals surface area contributed by atoms with Gasteiger partial charge >= 0.3 is 0 Å². The molecule has 3 heteroatoms. The SMILES string of the molecule is C[C@H](CBr)O[Si](C)(C)C(C)(C)C. The molecule has 0 N–H and O–H groups in total. The Kier molecular flexibility index (Phi) is 4.48. The van der Waals surface area contributed by atoms with Crippen molar-refractivity contribution in [2.75, 3.05) is 5.33 Å². The maximum Gasteiger partial charge on any atom is 0.192 e. The molecule has 1 nitrogen and oxygen atoms in total. The fourth-order valence-electron chi connectivity index (χ4n) is 0.711. The average Bonchev–Trinajstić information content (AvgIpc) is 1.84. The van der Waals surface area contributed by atoms with Crippen LogP contribution in [0.1, 0.15) is 27.7 Å². The number of halogens is 1. The summed E-state index contributed by atoms with van der Waals surface area (Å²) in [7, 11) is -1.52. The van der Waals surface area contributed by atoms with Gasteiger partial charge in [-0.3, -0.25) is 0 Å². The predicted molar refractivity (Wildman–Crippen MR) is 61.5 cm³/mol. The van der Waals surface area contributed by atoms with E-state index in [2.05, 4.69) is 56.7 Å². The van der Waals surface area contributed by atoms with Crippen molar-refractivity contribution in [3.05, 3.63) is 0 Å². The molecular formula is C9H21BrOSi. The Labute approximate surface area is 86.1 Å². The van der Waals surface area contributed by atoms with Gasteiger partial charge in [0, 0.05) is 5.33 Å². The summed E-state index contributed by atoms with van der Waals surface area (Å²) in [6.45, 7) is 13.5. The molecule has 0 saturated carbocycles. The highest BCUT2D eigenvalue weighted by atomic mass is 79.9. The van der Waals surface area contributed by atoms with Crippen LogP contribution < -0.4 is 0 Å². The van der Waals surface area contributed by atoms with E-state index >= 15 is 0 Å². The summed E-state index contributed by atoms with van der Waals surface area (Å²) in [5, 5.41) is 1.25. The molecule has 0 aliphatic carbocycles. The third-order valence-electron chi connectivity index (χ3n) is 2.52. The second kappa shape index (κ2) is 4.25. The smallest absolute Gasteiger partial charge is 0.192 e. The summed E-state index contributed by atoms with van der Waals surface area (Å²) in [6, 6.07) is 0. The second-order valence-corrected chi connectivity index (χ2v) is 10.2. The lowest BCUT2D eigenvalue weighted by molar-refractivity contribution is 0.223. The van der Waals surface area contributed by atoms with E-state index in [1.54, 1.807) is 0 Å². The average molecular weight is 253 g/mol. The summed E-state index contributed by atoms with van der Waals surface area (Å²) in [5.74, 6) is 0. The molecule has 0 bridgehead atoms. The van der Waals surface area contributed by atoms with Gasteiger partial charge in [0.2, 0.25) is 0 Å². The van der Waals surface area contributed by atoms with Crippen molar-refractivity contribution in [3.63, 3.8) is 0 Å². The molecular weight excluding hydrogens is 232 g/mol. The third-order valence-corrected chi connectivity index (χ3v) is 8.04. The zero-order valence-corrected chi connectivity index (χ0v) is 11.7. The Morgan fingerprint density at radius 1 is 1.33 bits per heavy atom. The highest BCUT2D eigenvalue weighted by Crippen LogP contribution is 2.37. The molecule has 74 valence electrons. The van der Waals surface area contributed by atoms with Crippen LogP contribution in [0.2, 0.25) is 18.1 Å². The van der Waals surface area contributed by atoms with Gasteiger partial charge in [-0.15, -0.1) is 0 Å². The van der Waals surface area contributed by atoms with E-state index in [1.165, 1.54) is 0 Å². The van der Waals surface area contributed by atoms with Gasteiger partial charge < -0.3 is 4.43 Å². The minimum atomic E-state index is -1.52. The summed E-state index contributed by atoms with van der Waals surface area (Å²) in [5.41, 5.74) is 0. The molecule has 0 heterocycles. The van der Waals surface area contributed by atoms with Crippen molar-refractivity contribution in [3.8, 4) is 0 Å². The van der Waals surface area contributed by atoms with Gasteiger partial charge in [-0.25, -0.2) is 0 Å². The Balaban J connectivity index is 4.22. The van der Waals surface area contributed by atoms with Crippen molar-refractivity contribution in [2.45, 2.75) is 51.9 Å². The highest BCUT2D eigenvalue weighted by Gasteiger charge is 2.38. The van der Waals surface area contributed by atoms with Gasteiger partial charge in [-0.1, -0.05) is 36.7 Å². The van der Waals surface area contributed by atoms with Gasteiger partial charge in [0.05, 0.1) is 6.10 Å². The molecule has 0 aliphatic heterocycles. The highest BCUT2D eigenvalue weighted by molar-refractivity contribution is 9.09. The molecule has 0 saturated heterocycles. The molecule has 0 aromatic heterocycles. The van der Waals surface area contributed by atoms with Gasteiger partial charge in [0.1, 0.15) is 0 Å². The first-order valence-electron chi connectivity index (χ1n) is 4.44. The normalized spacial score (nSPS) is 16.2. The molecule has 0 aliphatic rings. The number of hydrogen-bond acceptors (Lipinski definition) is 1. The minimum absolute atomic E-state index is 0.323. The monoisotopic (exact) mass is 252 g/mol. The molecule has 0 fully saturated rings. The van der Waals surface area contributed by atoms with Crippen LogP contribution in [-0.2, 0) is 4.43 Å². The minimum Gasteiger partial charge on any atom is -0.413 e. The molecule has 0 unspecified atom stereocenters. The predicted octanol–water partition coefficient (Wildman–Crippen LogP) is 3.79. The van der Waals surface area contributed by atoms with Crippen LogP contribution in [0.15, 0.2) is 0 Å². The first-order valence-corrected chi connectivity index (χ1v) is 8.47. The van der Waals surface area contributed by atoms with Crippen LogP contribution in [0.25, 0.3) is 0 Å².